The van der Waals surface area contributed by atoms with Gasteiger partial charge >= 0.3 is 0 Å². The normalized spacial score (nSPS) is 29.6. The third-order valence-corrected chi connectivity index (χ3v) is 4.45. The highest BCUT2D eigenvalue weighted by Crippen LogP contribution is 2.20. The molecule has 84 valence electrons. The molecule has 1 rings (SSSR count). The van der Waals surface area contributed by atoms with Gasteiger partial charge in [-0.2, -0.15) is 0 Å². The second kappa shape index (κ2) is 4.79. The van der Waals surface area contributed by atoms with E-state index in [9.17, 15) is 8.42 Å². The molecule has 6 heteroatoms. The molecule has 1 unspecified atom stereocenters. The zero-order valence-corrected chi connectivity index (χ0v) is 9.68. The Morgan fingerprint density at radius 3 is 2.57 bits per heavy atom. The van der Waals surface area contributed by atoms with Crippen molar-refractivity contribution in [3.05, 3.63) is 0 Å². The van der Waals surface area contributed by atoms with E-state index >= 15 is 0 Å². The number of alkyl halides is 1. The van der Waals surface area contributed by atoms with Crippen molar-refractivity contribution in [2.24, 2.45) is 5.92 Å². The molecule has 0 heterocycles. The van der Waals surface area contributed by atoms with E-state index in [4.69, 9.17) is 16.7 Å². The fraction of sp³-hybridized carbons (Fsp3) is 1.00. The topological polar surface area (TPSA) is 66.4 Å². The molecule has 0 bridgehead atoms. The summed E-state index contributed by atoms with van der Waals surface area (Å²) in [5.74, 6) is 0.358. The molecule has 0 aromatic rings. The molecule has 0 aliphatic heterocycles. The fourth-order valence-corrected chi connectivity index (χ4v) is 3.31. The molecule has 0 radical (unpaired) electrons. The van der Waals surface area contributed by atoms with Gasteiger partial charge in [0, 0.05) is 11.9 Å². The first kappa shape index (κ1) is 12.2. The predicted octanol–water partition coefficient (Wildman–Crippen LogP) is 0.304. The maximum absolute atomic E-state index is 11.5. The van der Waals surface area contributed by atoms with Crippen molar-refractivity contribution in [2.75, 3.05) is 11.6 Å². The Kier molecular flexibility index (Phi) is 4.18. The quantitative estimate of drug-likeness (QED) is 0.681. The number of halogens is 1. The smallest absolute Gasteiger partial charge is 0.212 e. The Bertz CT molecular complexity index is 274. The highest BCUT2D eigenvalue weighted by molar-refractivity contribution is 7.89. The zero-order valence-electron chi connectivity index (χ0n) is 8.11. The maximum atomic E-state index is 11.5. The Morgan fingerprint density at radius 1 is 1.57 bits per heavy atom. The van der Waals surface area contributed by atoms with Crippen molar-refractivity contribution in [1.82, 2.24) is 4.72 Å². The third kappa shape index (κ3) is 3.73. The van der Waals surface area contributed by atoms with Gasteiger partial charge in [-0.05, 0) is 18.8 Å². The Labute approximate surface area is 89.7 Å². The number of sulfonamides is 1. The number of hydrogen-bond donors (Lipinski definition) is 2. The number of rotatable bonds is 5. The van der Waals surface area contributed by atoms with E-state index in [1.165, 1.54) is 0 Å². The first-order chi connectivity index (χ1) is 6.43. The van der Waals surface area contributed by atoms with E-state index in [0.29, 0.717) is 18.7 Å². The van der Waals surface area contributed by atoms with Crippen LogP contribution in [0.4, 0.5) is 0 Å². The number of hydrogen-bond acceptors (Lipinski definition) is 3. The van der Waals surface area contributed by atoms with Crippen molar-refractivity contribution in [1.29, 1.82) is 0 Å². The molecule has 0 aromatic carbocycles. The van der Waals surface area contributed by atoms with Crippen molar-refractivity contribution in [3.8, 4) is 0 Å². The lowest BCUT2D eigenvalue weighted by molar-refractivity contribution is 0.0712. The Hall–Kier alpha value is 0.160. The predicted molar refractivity (Wildman–Crippen MR) is 55.8 cm³/mol. The average Bonchev–Trinajstić information content (AvgIpc) is 2.00. The first-order valence-electron chi connectivity index (χ1n) is 4.67. The molecule has 1 saturated carbocycles. The highest BCUT2D eigenvalue weighted by atomic mass is 35.5. The molecule has 14 heavy (non-hydrogen) atoms. The highest BCUT2D eigenvalue weighted by Gasteiger charge is 2.30. The number of aliphatic hydroxyl groups excluding tert-OH is 1. The molecule has 2 N–H and O–H groups in total. The van der Waals surface area contributed by atoms with Gasteiger partial charge in [0.05, 0.1) is 11.9 Å². The largest absolute Gasteiger partial charge is 0.393 e. The van der Waals surface area contributed by atoms with Gasteiger partial charge < -0.3 is 5.11 Å². The van der Waals surface area contributed by atoms with Crippen LogP contribution >= 0.6 is 11.6 Å². The summed E-state index contributed by atoms with van der Waals surface area (Å²) in [6.07, 6.45) is 0.705. The molecule has 0 saturated heterocycles. The molecule has 4 nitrogen and oxygen atoms in total. The van der Waals surface area contributed by atoms with Gasteiger partial charge in [0.1, 0.15) is 0 Å². The summed E-state index contributed by atoms with van der Waals surface area (Å²) in [6.45, 7) is 1.79. The lowest BCUT2D eigenvalue weighted by Gasteiger charge is -2.31. The minimum absolute atomic E-state index is 0.0424. The Balaban J connectivity index is 2.35. The Morgan fingerprint density at radius 2 is 2.14 bits per heavy atom. The zero-order chi connectivity index (χ0) is 10.8. The molecule has 0 amide bonds. The van der Waals surface area contributed by atoms with Crippen molar-refractivity contribution < 1.29 is 13.5 Å². The van der Waals surface area contributed by atoms with E-state index in [2.05, 4.69) is 4.72 Å². The van der Waals surface area contributed by atoms with Crippen molar-refractivity contribution in [3.63, 3.8) is 0 Å². The second-order valence-electron chi connectivity index (χ2n) is 3.98. The number of aliphatic hydroxyl groups is 1. The summed E-state index contributed by atoms with van der Waals surface area (Å²) < 4.78 is 25.5. The minimum atomic E-state index is -3.22. The van der Waals surface area contributed by atoms with Crippen LogP contribution in [0.25, 0.3) is 0 Å². The standard InChI is InChI=1S/C8H16ClNO3S/c1-6(4-9)5-14(12,13)10-7-2-8(11)3-7/h6-8,10-11H,2-5H2,1H3. The van der Waals surface area contributed by atoms with Crippen molar-refractivity contribution >= 4 is 21.6 Å². The van der Waals surface area contributed by atoms with Crippen LogP contribution in [0.2, 0.25) is 0 Å². The van der Waals surface area contributed by atoms with Crippen LogP contribution in [0, 0.1) is 5.92 Å². The van der Waals surface area contributed by atoms with Gasteiger partial charge in [-0.15, -0.1) is 11.6 Å². The molecule has 1 atom stereocenters. The van der Waals surface area contributed by atoms with E-state index < -0.39 is 10.0 Å². The van der Waals surface area contributed by atoms with Crippen LogP contribution in [0.15, 0.2) is 0 Å². The first-order valence-corrected chi connectivity index (χ1v) is 6.85. The molecule has 1 fully saturated rings. The van der Waals surface area contributed by atoms with E-state index in [1.807, 2.05) is 0 Å². The summed E-state index contributed by atoms with van der Waals surface area (Å²) in [5, 5.41) is 8.99. The molecular weight excluding hydrogens is 226 g/mol. The summed E-state index contributed by atoms with van der Waals surface area (Å²) in [5.41, 5.74) is 0. The van der Waals surface area contributed by atoms with Gasteiger partial charge in [-0.3, -0.25) is 0 Å². The van der Waals surface area contributed by atoms with Crippen LogP contribution in [0.3, 0.4) is 0 Å². The third-order valence-electron chi connectivity index (χ3n) is 2.23. The van der Waals surface area contributed by atoms with Gasteiger partial charge in [-0.25, -0.2) is 13.1 Å². The fourth-order valence-electron chi connectivity index (χ4n) is 1.41. The SMILES string of the molecule is CC(CCl)CS(=O)(=O)NC1CC(O)C1. The molecule has 0 aromatic heterocycles. The summed E-state index contributed by atoms with van der Waals surface area (Å²) in [7, 11) is -3.22. The van der Waals surface area contributed by atoms with Gasteiger partial charge in [0.2, 0.25) is 10.0 Å². The molecular formula is C8H16ClNO3S. The van der Waals surface area contributed by atoms with Gasteiger partial charge in [-0.1, -0.05) is 6.92 Å². The summed E-state index contributed by atoms with van der Waals surface area (Å²) in [6, 6.07) is -0.0856. The average molecular weight is 242 g/mol. The molecule has 1 aliphatic rings. The van der Waals surface area contributed by atoms with Crippen LogP contribution in [-0.2, 0) is 10.0 Å². The summed E-state index contributed by atoms with van der Waals surface area (Å²) >= 11 is 5.53. The van der Waals surface area contributed by atoms with Gasteiger partial charge in [0.25, 0.3) is 0 Å². The lowest BCUT2D eigenvalue weighted by atomic mass is 9.91. The van der Waals surface area contributed by atoms with E-state index in [-0.39, 0.29) is 23.8 Å². The van der Waals surface area contributed by atoms with Crippen LogP contribution in [0.5, 0.6) is 0 Å². The minimum Gasteiger partial charge on any atom is -0.393 e. The maximum Gasteiger partial charge on any atom is 0.212 e. The summed E-state index contributed by atoms with van der Waals surface area (Å²) in [4.78, 5) is 0. The van der Waals surface area contributed by atoms with E-state index in [0.717, 1.165) is 0 Å². The number of nitrogens with one attached hydrogen (secondary N) is 1. The van der Waals surface area contributed by atoms with Crippen molar-refractivity contribution in [2.45, 2.75) is 31.9 Å². The van der Waals surface area contributed by atoms with E-state index in [1.54, 1.807) is 6.92 Å². The van der Waals surface area contributed by atoms with Crippen LogP contribution in [-0.4, -0.2) is 37.3 Å². The lowest BCUT2D eigenvalue weighted by Crippen LogP contribution is -2.47. The van der Waals surface area contributed by atoms with Crippen LogP contribution < -0.4 is 4.72 Å². The van der Waals surface area contributed by atoms with Gasteiger partial charge in [0.15, 0.2) is 0 Å². The molecule has 0 spiro atoms. The molecule has 1 aliphatic carbocycles. The second-order valence-corrected chi connectivity index (χ2v) is 6.09. The van der Waals surface area contributed by atoms with Crippen LogP contribution in [0.1, 0.15) is 19.8 Å². The monoisotopic (exact) mass is 241 g/mol.